The molecule has 0 spiro atoms. The number of H-pyrrole nitrogens is 1. The molecule has 0 radical (unpaired) electrons. The maximum Gasteiger partial charge on any atom is 0.271 e. The SMILES string of the molecule is C=C(Nc1cn[nH]c1C(=O)NC1CCN(C(=C)CC(C)(C)C)CC1)c1ccc(C)cc1. The Morgan fingerprint density at radius 3 is 2.45 bits per heavy atom. The first-order chi connectivity index (χ1) is 14.6. The Labute approximate surface area is 185 Å². The Morgan fingerprint density at radius 2 is 1.84 bits per heavy atom. The molecule has 1 aromatic heterocycles. The molecular formula is C25H35N5O. The lowest BCUT2D eigenvalue weighted by molar-refractivity contribution is 0.0913. The zero-order valence-electron chi connectivity index (χ0n) is 19.2. The van der Waals surface area contributed by atoms with Crippen LogP contribution < -0.4 is 10.6 Å². The third-order valence-corrected chi connectivity index (χ3v) is 5.56. The van der Waals surface area contributed by atoms with E-state index in [9.17, 15) is 4.79 Å². The van der Waals surface area contributed by atoms with E-state index in [2.05, 4.69) is 59.7 Å². The van der Waals surface area contributed by atoms with Gasteiger partial charge in [0.2, 0.25) is 0 Å². The number of carbonyl (C=O) groups excluding carboxylic acids is 1. The largest absolute Gasteiger partial charge is 0.375 e. The summed E-state index contributed by atoms with van der Waals surface area (Å²) in [5, 5.41) is 13.3. The molecule has 6 nitrogen and oxygen atoms in total. The van der Waals surface area contributed by atoms with Gasteiger partial charge in [0.1, 0.15) is 5.69 Å². The van der Waals surface area contributed by atoms with Crippen molar-refractivity contribution in [1.82, 2.24) is 20.4 Å². The molecule has 1 aliphatic rings. The van der Waals surface area contributed by atoms with Crippen molar-refractivity contribution in [3.05, 3.63) is 66.1 Å². The predicted molar refractivity (Wildman–Crippen MR) is 128 cm³/mol. The second kappa shape index (κ2) is 9.41. The number of amides is 1. The van der Waals surface area contributed by atoms with Crippen molar-refractivity contribution in [3.63, 3.8) is 0 Å². The molecule has 1 aliphatic heterocycles. The summed E-state index contributed by atoms with van der Waals surface area (Å²) < 4.78 is 0. The van der Waals surface area contributed by atoms with E-state index in [4.69, 9.17) is 0 Å². The highest BCUT2D eigenvalue weighted by atomic mass is 16.2. The molecule has 0 aliphatic carbocycles. The Morgan fingerprint density at radius 1 is 1.19 bits per heavy atom. The summed E-state index contributed by atoms with van der Waals surface area (Å²) in [6.07, 6.45) is 4.41. The van der Waals surface area contributed by atoms with Gasteiger partial charge in [-0.2, -0.15) is 5.10 Å². The monoisotopic (exact) mass is 421 g/mol. The molecule has 0 saturated carbocycles. The highest BCUT2D eigenvalue weighted by Gasteiger charge is 2.25. The first kappa shape index (κ1) is 22.7. The smallest absolute Gasteiger partial charge is 0.271 e. The molecule has 2 heterocycles. The van der Waals surface area contributed by atoms with Crippen molar-refractivity contribution in [1.29, 1.82) is 0 Å². The van der Waals surface area contributed by atoms with Gasteiger partial charge in [-0.15, -0.1) is 0 Å². The van der Waals surface area contributed by atoms with Gasteiger partial charge in [-0.05, 0) is 37.2 Å². The highest BCUT2D eigenvalue weighted by molar-refractivity contribution is 5.99. The molecule has 166 valence electrons. The lowest BCUT2D eigenvalue weighted by atomic mass is 9.90. The number of allylic oxidation sites excluding steroid dienone is 1. The molecule has 1 aromatic carbocycles. The normalized spacial score (nSPS) is 14.9. The van der Waals surface area contributed by atoms with Gasteiger partial charge in [-0.3, -0.25) is 9.89 Å². The summed E-state index contributed by atoms with van der Waals surface area (Å²) >= 11 is 0. The summed E-state index contributed by atoms with van der Waals surface area (Å²) in [4.78, 5) is 15.2. The minimum atomic E-state index is -0.149. The molecule has 31 heavy (non-hydrogen) atoms. The second-order valence-electron chi connectivity index (χ2n) is 9.67. The number of anilines is 1. The van der Waals surface area contributed by atoms with Crippen LogP contribution in [0.1, 0.15) is 61.6 Å². The van der Waals surface area contributed by atoms with Crippen LogP contribution in [-0.4, -0.2) is 40.1 Å². The third kappa shape index (κ3) is 6.23. The van der Waals surface area contributed by atoms with Crippen molar-refractivity contribution in [2.24, 2.45) is 5.41 Å². The number of carbonyl (C=O) groups is 1. The molecule has 0 unspecified atom stereocenters. The summed E-state index contributed by atoms with van der Waals surface area (Å²) in [6.45, 7) is 18.9. The molecule has 1 amide bonds. The fraction of sp³-hybridized carbons (Fsp3) is 0.440. The standard InChI is InChI=1S/C25H35N5O/c1-17-7-9-20(10-8-17)19(3)27-22-16-26-29-23(22)24(31)28-21-11-13-30(14-12-21)18(2)15-25(4,5)6/h7-10,16,21,27H,2-3,11-15H2,1,4-6H3,(H,26,29)(H,28,31). The van der Waals surface area contributed by atoms with Crippen LogP contribution in [0.2, 0.25) is 0 Å². The predicted octanol–water partition coefficient (Wildman–Crippen LogP) is 4.95. The van der Waals surface area contributed by atoms with Gasteiger partial charge in [-0.25, -0.2) is 0 Å². The zero-order valence-corrected chi connectivity index (χ0v) is 19.2. The van der Waals surface area contributed by atoms with Crippen LogP contribution in [-0.2, 0) is 0 Å². The number of rotatable bonds is 7. The Hall–Kier alpha value is -3.02. The van der Waals surface area contributed by atoms with Crippen LogP contribution in [0.3, 0.4) is 0 Å². The minimum Gasteiger partial charge on any atom is -0.375 e. The van der Waals surface area contributed by atoms with E-state index >= 15 is 0 Å². The molecule has 0 atom stereocenters. The van der Waals surface area contributed by atoms with Gasteiger partial charge >= 0.3 is 0 Å². The average molecular weight is 422 g/mol. The summed E-state index contributed by atoms with van der Waals surface area (Å²) in [7, 11) is 0. The van der Waals surface area contributed by atoms with Crippen LogP contribution in [0, 0.1) is 12.3 Å². The van der Waals surface area contributed by atoms with Crippen molar-refractivity contribution >= 4 is 17.3 Å². The second-order valence-corrected chi connectivity index (χ2v) is 9.67. The average Bonchev–Trinajstić information content (AvgIpc) is 3.16. The van der Waals surface area contributed by atoms with Crippen LogP contribution in [0.5, 0.6) is 0 Å². The van der Waals surface area contributed by atoms with Gasteiger partial charge in [0.05, 0.1) is 11.9 Å². The quantitative estimate of drug-likeness (QED) is 0.592. The number of piperidine rings is 1. The van der Waals surface area contributed by atoms with E-state index in [1.807, 2.05) is 31.2 Å². The maximum atomic E-state index is 12.9. The fourth-order valence-electron chi connectivity index (χ4n) is 3.87. The Balaban J connectivity index is 1.54. The number of hydrogen-bond acceptors (Lipinski definition) is 4. The number of benzene rings is 1. The first-order valence-electron chi connectivity index (χ1n) is 10.9. The molecule has 2 aromatic rings. The number of nitrogens with one attached hydrogen (secondary N) is 3. The van der Waals surface area contributed by atoms with E-state index in [1.54, 1.807) is 6.20 Å². The zero-order chi connectivity index (χ0) is 22.6. The van der Waals surface area contributed by atoms with E-state index in [0.717, 1.165) is 43.6 Å². The molecule has 3 rings (SSSR count). The third-order valence-electron chi connectivity index (χ3n) is 5.56. The number of nitrogens with zero attached hydrogens (tertiary/aromatic N) is 2. The Bertz CT molecular complexity index is 928. The minimum absolute atomic E-state index is 0.141. The van der Waals surface area contributed by atoms with Gasteiger partial charge < -0.3 is 15.5 Å². The van der Waals surface area contributed by atoms with Crippen LogP contribution in [0.25, 0.3) is 5.70 Å². The fourth-order valence-corrected chi connectivity index (χ4v) is 3.87. The van der Waals surface area contributed by atoms with E-state index in [-0.39, 0.29) is 17.4 Å². The number of aromatic amines is 1. The van der Waals surface area contributed by atoms with Gasteiger partial charge in [0.15, 0.2) is 0 Å². The molecule has 3 N–H and O–H groups in total. The molecule has 1 fully saturated rings. The highest BCUT2D eigenvalue weighted by Crippen LogP contribution is 2.27. The number of hydrogen-bond donors (Lipinski definition) is 3. The van der Waals surface area contributed by atoms with Gasteiger partial charge in [0, 0.05) is 30.5 Å². The number of aromatic nitrogens is 2. The van der Waals surface area contributed by atoms with Crippen LogP contribution >= 0.6 is 0 Å². The van der Waals surface area contributed by atoms with E-state index < -0.39 is 0 Å². The van der Waals surface area contributed by atoms with E-state index in [0.29, 0.717) is 11.4 Å². The number of aryl methyl sites for hydroxylation is 1. The van der Waals surface area contributed by atoms with Crippen molar-refractivity contribution in [2.45, 2.75) is 53.0 Å². The topological polar surface area (TPSA) is 73.0 Å². The molecule has 1 saturated heterocycles. The van der Waals surface area contributed by atoms with E-state index in [1.165, 1.54) is 11.3 Å². The van der Waals surface area contributed by atoms with Gasteiger partial charge in [0.25, 0.3) is 5.91 Å². The molecule has 6 heteroatoms. The summed E-state index contributed by atoms with van der Waals surface area (Å²) in [6, 6.07) is 8.22. The summed E-state index contributed by atoms with van der Waals surface area (Å²) in [5.41, 5.74) is 5.35. The number of likely N-dealkylation sites (tertiary alicyclic amines) is 1. The first-order valence-corrected chi connectivity index (χ1v) is 10.9. The molecule has 0 bridgehead atoms. The van der Waals surface area contributed by atoms with Crippen molar-refractivity contribution in [2.75, 3.05) is 18.4 Å². The van der Waals surface area contributed by atoms with Crippen LogP contribution in [0.4, 0.5) is 5.69 Å². The lowest BCUT2D eigenvalue weighted by Gasteiger charge is -2.37. The maximum absolute atomic E-state index is 12.9. The lowest BCUT2D eigenvalue weighted by Crippen LogP contribution is -2.44. The summed E-state index contributed by atoms with van der Waals surface area (Å²) in [5.74, 6) is -0.149. The Kier molecular flexibility index (Phi) is 6.88. The van der Waals surface area contributed by atoms with Crippen molar-refractivity contribution in [3.8, 4) is 0 Å². The van der Waals surface area contributed by atoms with Gasteiger partial charge in [-0.1, -0.05) is 63.8 Å². The molecular weight excluding hydrogens is 386 g/mol. The van der Waals surface area contributed by atoms with Crippen LogP contribution in [0.15, 0.2) is 49.3 Å². The van der Waals surface area contributed by atoms with Crippen molar-refractivity contribution < 1.29 is 4.79 Å².